The Balaban J connectivity index is 2.80. The first kappa shape index (κ1) is 13.2. The summed E-state index contributed by atoms with van der Waals surface area (Å²) in [6.07, 6.45) is 0.839. The van der Waals surface area contributed by atoms with Crippen molar-refractivity contribution in [1.29, 1.82) is 0 Å². The van der Waals surface area contributed by atoms with Gasteiger partial charge in [0.05, 0.1) is 5.56 Å². The van der Waals surface area contributed by atoms with Crippen LogP contribution in [0.3, 0.4) is 0 Å². The quantitative estimate of drug-likeness (QED) is 0.891. The van der Waals surface area contributed by atoms with E-state index in [4.69, 9.17) is 5.73 Å². The minimum absolute atomic E-state index is 0.0423. The Morgan fingerprint density at radius 1 is 1.56 bits per heavy atom. The largest absolute Gasteiger partial charge is 0.348 e. The van der Waals surface area contributed by atoms with Crippen molar-refractivity contribution in [3.05, 3.63) is 33.8 Å². The van der Waals surface area contributed by atoms with Gasteiger partial charge < -0.3 is 11.1 Å². The van der Waals surface area contributed by atoms with Crippen molar-refractivity contribution in [3.8, 4) is 0 Å². The molecule has 1 aromatic rings. The summed E-state index contributed by atoms with van der Waals surface area (Å²) in [7, 11) is 0. The van der Waals surface area contributed by atoms with E-state index in [9.17, 15) is 4.79 Å². The molecule has 3 nitrogen and oxygen atoms in total. The van der Waals surface area contributed by atoms with Gasteiger partial charge in [0.15, 0.2) is 0 Å². The lowest BCUT2D eigenvalue weighted by molar-refractivity contribution is 0.0936. The number of nitrogens with two attached hydrogens (primary N) is 1. The first-order valence-corrected chi connectivity index (χ1v) is 6.14. The van der Waals surface area contributed by atoms with E-state index in [1.807, 2.05) is 32.0 Å². The molecule has 0 fully saturated rings. The van der Waals surface area contributed by atoms with Crippen molar-refractivity contribution in [2.75, 3.05) is 6.54 Å². The third-order valence-corrected chi connectivity index (χ3v) is 3.14. The number of amides is 1. The number of halogens is 1. The first-order valence-electron chi connectivity index (χ1n) is 5.35. The van der Waals surface area contributed by atoms with Crippen LogP contribution in [-0.2, 0) is 0 Å². The van der Waals surface area contributed by atoms with Crippen molar-refractivity contribution in [2.24, 2.45) is 5.73 Å². The highest BCUT2D eigenvalue weighted by Gasteiger charge is 2.13. The highest BCUT2D eigenvalue weighted by Crippen LogP contribution is 2.18. The molecular weight excluding hydrogens is 268 g/mol. The van der Waals surface area contributed by atoms with Crippen molar-refractivity contribution >= 4 is 21.8 Å². The van der Waals surface area contributed by atoms with Crippen LogP contribution < -0.4 is 11.1 Å². The predicted molar refractivity (Wildman–Crippen MR) is 69.5 cm³/mol. The molecule has 1 aromatic carbocycles. The number of rotatable bonds is 4. The van der Waals surface area contributed by atoms with E-state index < -0.39 is 0 Å². The molecule has 1 atom stereocenters. The van der Waals surface area contributed by atoms with E-state index in [0.29, 0.717) is 12.1 Å². The average Bonchev–Trinajstić information content (AvgIpc) is 2.25. The third-order valence-electron chi connectivity index (χ3n) is 2.48. The molecule has 88 valence electrons. The first-order chi connectivity index (χ1) is 7.58. The summed E-state index contributed by atoms with van der Waals surface area (Å²) in [4.78, 5) is 11.9. The van der Waals surface area contributed by atoms with Crippen molar-refractivity contribution in [1.82, 2.24) is 5.32 Å². The van der Waals surface area contributed by atoms with Gasteiger partial charge in [-0.3, -0.25) is 4.79 Å². The monoisotopic (exact) mass is 284 g/mol. The van der Waals surface area contributed by atoms with Gasteiger partial charge in [-0.05, 0) is 47.0 Å². The summed E-state index contributed by atoms with van der Waals surface area (Å²) < 4.78 is 0.817. The molecule has 0 aliphatic heterocycles. The lowest BCUT2D eigenvalue weighted by atomic mass is 10.1. The van der Waals surface area contributed by atoms with E-state index in [1.54, 1.807) is 0 Å². The molecule has 1 unspecified atom stereocenters. The summed E-state index contributed by atoms with van der Waals surface area (Å²) in [5, 5.41) is 2.90. The molecule has 0 aliphatic rings. The Labute approximate surface area is 105 Å². The van der Waals surface area contributed by atoms with Gasteiger partial charge in [-0.15, -0.1) is 0 Å². The maximum atomic E-state index is 11.9. The Morgan fingerprint density at radius 3 is 2.75 bits per heavy atom. The van der Waals surface area contributed by atoms with E-state index in [-0.39, 0.29) is 11.9 Å². The van der Waals surface area contributed by atoms with Gasteiger partial charge in [0, 0.05) is 17.1 Å². The number of hydrogen-bond donors (Lipinski definition) is 2. The SMILES string of the molecule is CCC(CN)NC(=O)c1ccc(C)cc1Br. The van der Waals surface area contributed by atoms with Crippen LogP contribution in [0.1, 0.15) is 29.3 Å². The number of carbonyl (C=O) groups excluding carboxylic acids is 1. The van der Waals surface area contributed by atoms with Gasteiger partial charge in [-0.2, -0.15) is 0 Å². The minimum Gasteiger partial charge on any atom is -0.348 e. The van der Waals surface area contributed by atoms with Gasteiger partial charge in [0.2, 0.25) is 0 Å². The summed E-state index contributed by atoms with van der Waals surface area (Å²) >= 11 is 3.39. The smallest absolute Gasteiger partial charge is 0.252 e. The molecule has 4 heteroatoms. The predicted octanol–water partition coefficient (Wildman–Crippen LogP) is 2.22. The second-order valence-corrected chi connectivity index (χ2v) is 4.65. The van der Waals surface area contributed by atoms with Crippen LogP contribution in [0.15, 0.2) is 22.7 Å². The summed E-state index contributed by atoms with van der Waals surface area (Å²) in [5.74, 6) is -0.0795. The van der Waals surface area contributed by atoms with E-state index in [2.05, 4.69) is 21.2 Å². The third kappa shape index (κ3) is 3.32. The molecular formula is C12H17BrN2O. The van der Waals surface area contributed by atoms with Gasteiger partial charge in [-0.25, -0.2) is 0 Å². The van der Waals surface area contributed by atoms with Crippen LogP contribution in [0.4, 0.5) is 0 Å². The van der Waals surface area contributed by atoms with Crippen molar-refractivity contribution in [2.45, 2.75) is 26.3 Å². The summed E-state index contributed by atoms with van der Waals surface area (Å²) in [6, 6.07) is 5.71. The van der Waals surface area contributed by atoms with Crippen LogP contribution >= 0.6 is 15.9 Å². The molecule has 0 aromatic heterocycles. The van der Waals surface area contributed by atoms with Crippen LogP contribution in [0.25, 0.3) is 0 Å². The molecule has 0 radical (unpaired) electrons. The van der Waals surface area contributed by atoms with Crippen LogP contribution in [0.5, 0.6) is 0 Å². The molecule has 0 bridgehead atoms. The molecule has 0 saturated heterocycles. The maximum absolute atomic E-state index is 11.9. The summed E-state index contributed by atoms with van der Waals surface area (Å²) in [6.45, 7) is 4.45. The van der Waals surface area contributed by atoms with Crippen molar-refractivity contribution in [3.63, 3.8) is 0 Å². The molecule has 0 saturated carbocycles. The average molecular weight is 285 g/mol. The van der Waals surface area contributed by atoms with Gasteiger partial charge in [-0.1, -0.05) is 13.0 Å². The number of carbonyl (C=O) groups is 1. The zero-order valence-electron chi connectivity index (χ0n) is 9.59. The van der Waals surface area contributed by atoms with Crippen LogP contribution in [0.2, 0.25) is 0 Å². The summed E-state index contributed by atoms with van der Waals surface area (Å²) in [5.41, 5.74) is 7.32. The lowest BCUT2D eigenvalue weighted by Crippen LogP contribution is -2.39. The normalized spacial score (nSPS) is 12.2. The van der Waals surface area contributed by atoms with E-state index in [1.165, 1.54) is 0 Å². The number of benzene rings is 1. The fourth-order valence-electron chi connectivity index (χ4n) is 1.40. The highest BCUT2D eigenvalue weighted by molar-refractivity contribution is 9.10. The molecule has 1 amide bonds. The van der Waals surface area contributed by atoms with Gasteiger partial charge in [0.25, 0.3) is 5.91 Å². The van der Waals surface area contributed by atoms with Crippen LogP contribution in [-0.4, -0.2) is 18.5 Å². The Morgan fingerprint density at radius 2 is 2.25 bits per heavy atom. The van der Waals surface area contributed by atoms with E-state index >= 15 is 0 Å². The van der Waals surface area contributed by atoms with Gasteiger partial charge in [0.1, 0.15) is 0 Å². The molecule has 1 rings (SSSR count). The zero-order chi connectivity index (χ0) is 12.1. The maximum Gasteiger partial charge on any atom is 0.252 e. The number of nitrogens with one attached hydrogen (secondary N) is 1. The molecule has 0 heterocycles. The molecule has 0 aliphatic carbocycles. The second-order valence-electron chi connectivity index (χ2n) is 3.80. The molecule has 16 heavy (non-hydrogen) atoms. The Kier molecular flexibility index (Phi) is 4.96. The number of hydrogen-bond acceptors (Lipinski definition) is 2. The molecule has 3 N–H and O–H groups in total. The van der Waals surface area contributed by atoms with Crippen LogP contribution in [0, 0.1) is 6.92 Å². The van der Waals surface area contributed by atoms with Gasteiger partial charge >= 0.3 is 0 Å². The topological polar surface area (TPSA) is 55.1 Å². The highest BCUT2D eigenvalue weighted by atomic mass is 79.9. The number of aryl methyl sites for hydroxylation is 1. The minimum atomic E-state index is -0.0795. The fraction of sp³-hybridized carbons (Fsp3) is 0.417. The standard InChI is InChI=1S/C12H17BrN2O/c1-3-9(7-14)15-12(16)10-5-4-8(2)6-11(10)13/h4-6,9H,3,7,14H2,1-2H3,(H,15,16). The van der Waals surface area contributed by atoms with E-state index in [0.717, 1.165) is 16.5 Å². The Hall–Kier alpha value is -0.870. The molecule has 0 spiro atoms. The Bertz CT molecular complexity index is 375. The second kappa shape index (κ2) is 6.01. The zero-order valence-corrected chi connectivity index (χ0v) is 11.2. The fourth-order valence-corrected chi connectivity index (χ4v) is 2.07. The lowest BCUT2D eigenvalue weighted by Gasteiger charge is -2.15. The van der Waals surface area contributed by atoms with Crippen molar-refractivity contribution < 1.29 is 4.79 Å².